The van der Waals surface area contributed by atoms with E-state index in [0.29, 0.717) is 0 Å². The molecule has 0 aliphatic carbocycles. The summed E-state index contributed by atoms with van der Waals surface area (Å²) in [6.07, 6.45) is 8.85. The highest BCUT2D eigenvalue weighted by Crippen LogP contribution is 2.13. The highest BCUT2D eigenvalue weighted by molar-refractivity contribution is 5.93. The Balaban J connectivity index is 2.84. The molecule has 0 aliphatic heterocycles. The zero-order valence-corrected chi connectivity index (χ0v) is 9.34. The molecular weight excluding hydrogens is 198 g/mol. The normalized spacial score (nSPS) is 10.8. The van der Waals surface area contributed by atoms with Crippen LogP contribution in [0.1, 0.15) is 6.92 Å². The maximum Gasteiger partial charge on any atom is 0.227 e. The molecule has 1 rings (SSSR count). The average molecular weight is 213 g/mol. The third kappa shape index (κ3) is 3.58. The smallest absolute Gasteiger partial charge is 0.227 e. The summed E-state index contributed by atoms with van der Waals surface area (Å²) >= 11 is 0. The Hall–Kier alpha value is -2.09. The Labute approximate surface area is 96.2 Å². The lowest BCUT2D eigenvalue weighted by atomic mass is 10.3. The van der Waals surface area contributed by atoms with Crippen molar-refractivity contribution in [3.8, 4) is 0 Å². The molecular formula is C14H15NO. The molecule has 0 N–H and O–H groups in total. The van der Waals surface area contributed by atoms with Crippen LogP contribution < -0.4 is 4.90 Å². The number of carbonyl (C=O) groups is 1. The molecule has 0 heterocycles. The van der Waals surface area contributed by atoms with E-state index < -0.39 is 0 Å². The van der Waals surface area contributed by atoms with E-state index in [0.717, 1.165) is 5.69 Å². The second kappa shape index (κ2) is 6.40. The molecule has 0 atom stereocenters. The number of anilines is 1. The van der Waals surface area contributed by atoms with Crippen LogP contribution in [0.15, 0.2) is 67.4 Å². The minimum atomic E-state index is -0.0190. The van der Waals surface area contributed by atoms with Gasteiger partial charge in [0.1, 0.15) is 0 Å². The number of rotatable bonds is 4. The Kier molecular flexibility index (Phi) is 4.80. The number of para-hydroxylation sites is 1. The number of allylic oxidation sites excluding steroid dienone is 4. The first-order valence-corrected chi connectivity index (χ1v) is 5.06. The number of amides is 1. The van der Waals surface area contributed by atoms with Gasteiger partial charge >= 0.3 is 0 Å². The largest absolute Gasteiger partial charge is 0.288 e. The summed E-state index contributed by atoms with van der Waals surface area (Å²) < 4.78 is 0. The fraction of sp³-hybridized carbons (Fsp3) is 0.0714. The number of benzene rings is 1. The van der Waals surface area contributed by atoms with Gasteiger partial charge in [0, 0.05) is 18.8 Å². The first kappa shape index (κ1) is 12.0. The predicted molar refractivity (Wildman–Crippen MR) is 68.1 cm³/mol. The summed E-state index contributed by atoms with van der Waals surface area (Å²) in [4.78, 5) is 13.0. The van der Waals surface area contributed by atoms with Crippen LogP contribution in [0.25, 0.3) is 0 Å². The molecule has 82 valence electrons. The third-order valence-electron chi connectivity index (χ3n) is 1.97. The van der Waals surface area contributed by atoms with Gasteiger partial charge in [-0.2, -0.15) is 0 Å². The van der Waals surface area contributed by atoms with Gasteiger partial charge in [-0.15, -0.1) is 0 Å². The van der Waals surface area contributed by atoms with Crippen LogP contribution in [-0.4, -0.2) is 5.91 Å². The maximum absolute atomic E-state index is 11.4. The number of carbonyl (C=O) groups excluding carboxylic acids is 1. The van der Waals surface area contributed by atoms with Gasteiger partial charge < -0.3 is 0 Å². The summed E-state index contributed by atoms with van der Waals surface area (Å²) in [5, 5.41) is 0. The highest BCUT2D eigenvalue weighted by Gasteiger charge is 2.05. The molecule has 1 aromatic carbocycles. The van der Waals surface area contributed by atoms with Gasteiger partial charge in [-0.3, -0.25) is 9.69 Å². The van der Waals surface area contributed by atoms with E-state index in [2.05, 4.69) is 6.58 Å². The van der Waals surface area contributed by atoms with Gasteiger partial charge in [0.15, 0.2) is 0 Å². The SMILES string of the molecule is C=CC=CC=CN(C(C)=O)c1ccccc1. The molecule has 0 fully saturated rings. The van der Waals surface area contributed by atoms with Crippen LogP contribution in [0.4, 0.5) is 5.69 Å². The van der Waals surface area contributed by atoms with Crippen LogP contribution in [0.3, 0.4) is 0 Å². The summed E-state index contributed by atoms with van der Waals surface area (Å²) in [7, 11) is 0. The average Bonchev–Trinajstić information content (AvgIpc) is 2.30. The summed E-state index contributed by atoms with van der Waals surface area (Å²) in [6, 6.07) is 9.51. The van der Waals surface area contributed by atoms with Crippen molar-refractivity contribution in [2.75, 3.05) is 4.90 Å². The van der Waals surface area contributed by atoms with E-state index in [1.54, 1.807) is 29.3 Å². The van der Waals surface area contributed by atoms with Gasteiger partial charge in [-0.05, 0) is 18.2 Å². The molecule has 0 aromatic heterocycles. The van der Waals surface area contributed by atoms with E-state index >= 15 is 0 Å². The number of hydrogen-bond donors (Lipinski definition) is 0. The Bertz CT molecular complexity index is 404. The lowest BCUT2D eigenvalue weighted by molar-refractivity contribution is -0.115. The molecule has 0 spiro atoms. The lowest BCUT2D eigenvalue weighted by Gasteiger charge is -2.15. The van der Waals surface area contributed by atoms with E-state index in [1.807, 2.05) is 36.4 Å². The van der Waals surface area contributed by atoms with Gasteiger partial charge in [-0.25, -0.2) is 0 Å². The van der Waals surface area contributed by atoms with Crippen molar-refractivity contribution in [2.45, 2.75) is 6.92 Å². The quantitative estimate of drug-likeness (QED) is 0.703. The fourth-order valence-electron chi connectivity index (χ4n) is 1.24. The van der Waals surface area contributed by atoms with Crippen molar-refractivity contribution in [1.82, 2.24) is 0 Å². The molecule has 0 bridgehead atoms. The monoisotopic (exact) mass is 213 g/mol. The molecule has 2 nitrogen and oxygen atoms in total. The van der Waals surface area contributed by atoms with E-state index in [9.17, 15) is 4.79 Å². The molecule has 1 amide bonds. The molecule has 0 aliphatic rings. The van der Waals surface area contributed by atoms with E-state index in [-0.39, 0.29) is 5.91 Å². The minimum Gasteiger partial charge on any atom is -0.288 e. The number of nitrogens with zero attached hydrogens (tertiary/aromatic N) is 1. The third-order valence-corrected chi connectivity index (χ3v) is 1.97. The molecule has 16 heavy (non-hydrogen) atoms. The Morgan fingerprint density at radius 2 is 1.88 bits per heavy atom. The zero-order valence-electron chi connectivity index (χ0n) is 9.34. The van der Waals surface area contributed by atoms with Gasteiger partial charge in [0.05, 0.1) is 0 Å². The zero-order chi connectivity index (χ0) is 11.8. The van der Waals surface area contributed by atoms with Crippen molar-refractivity contribution in [3.63, 3.8) is 0 Å². The predicted octanol–water partition coefficient (Wildman–Crippen LogP) is 3.30. The topological polar surface area (TPSA) is 20.3 Å². The fourth-order valence-corrected chi connectivity index (χ4v) is 1.24. The Morgan fingerprint density at radius 1 is 1.19 bits per heavy atom. The molecule has 0 unspecified atom stereocenters. The van der Waals surface area contributed by atoms with Crippen LogP contribution in [-0.2, 0) is 4.79 Å². The van der Waals surface area contributed by atoms with Crippen LogP contribution in [0.2, 0.25) is 0 Å². The molecule has 0 saturated heterocycles. The van der Waals surface area contributed by atoms with Crippen molar-refractivity contribution in [2.24, 2.45) is 0 Å². The molecule has 2 heteroatoms. The van der Waals surface area contributed by atoms with Gasteiger partial charge in [0.2, 0.25) is 5.91 Å². The van der Waals surface area contributed by atoms with Crippen molar-refractivity contribution < 1.29 is 4.79 Å². The van der Waals surface area contributed by atoms with Crippen LogP contribution in [0.5, 0.6) is 0 Å². The lowest BCUT2D eigenvalue weighted by Crippen LogP contribution is -2.21. The minimum absolute atomic E-state index is 0.0190. The van der Waals surface area contributed by atoms with Crippen LogP contribution >= 0.6 is 0 Å². The first-order valence-electron chi connectivity index (χ1n) is 5.06. The van der Waals surface area contributed by atoms with E-state index in [1.165, 1.54) is 6.92 Å². The van der Waals surface area contributed by atoms with Gasteiger partial charge in [0.25, 0.3) is 0 Å². The summed E-state index contributed by atoms with van der Waals surface area (Å²) in [6.45, 7) is 5.11. The highest BCUT2D eigenvalue weighted by atomic mass is 16.2. The molecule has 0 saturated carbocycles. The summed E-state index contributed by atoms with van der Waals surface area (Å²) in [5.41, 5.74) is 0.859. The molecule has 1 aromatic rings. The first-order chi connectivity index (χ1) is 7.75. The summed E-state index contributed by atoms with van der Waals surface area (Å²) in [5.74, 6) is -0.0190. The Morgan fingerprint density at radius 3 is 2.44 bits per heavy atom. The standard InChI is InChI=1S/C14H15NO/c1-3-4-5-9-12-15(13(2)16)14-10-7-6-8-11-14/h3-12H,1H2,2H3. The van der Waals surface area contributed by atoms with Gasteiger partial charge in [-0.1, -0.05) is 43.0 Å². The van der Waals surface area contributed by atoms with Crippen molar-refractivity contribution in [1.29, 1.82) is 0 Å². The van der Waals surface area contributed by atoms with E-state index in [4.69, 9.17) is 0 Å². The maximum atomic E-state index is 11.4. The van der Waals surface area contributed by atoms with Crippen molar-refractivity contribution in [3.05, 3.63) is 67.4 Å². The molecule has 0 radical (unpaired) electrons. The van der Waals surface area contributed by atoms with Crippen molar-refractivity contribution >= 4 is 11.6 Å². The number of hydrogen-bond acceptors (Lipinski definition) is 1. The second-order valence-corrected chi connectivity index (χ2v) is 3.19. The second-order valence-electron chi connectivity index (χ2n) is 3.19. The van der Waals surface area contributed by atoms with Crippen LogP contribution in [0, 0.1) is 0 Å².